The van der Waals surface area contributed by atoms with Gasteiger partial charge in [-0.15, -0.1) is 0 Å². The van der Waals surface area contributed by atoms with E-state index >= 15 is 0 Å². The second-order valence-corrected chi connectivity index (χ2v) is 5.65. The third-order valence-corrected chi connectivity index (χ3v) is 4.03. The lowest BCUT2D eigenvalue weighted by Gasteiger charge is -2.28. The summed E-state index contributed by atoms with van der Waals surface area (Å²) in [7, 11) is 0. The minimum atomic E-state index is -0.454. The average molecular weight is 314 g/mol. The number of phenolic OH excluding ortho intramolecular Hbond substituents is 1. The van der Waals surface area contributed by atoms with E-state index in [4.69, 9.17) is 0 Å². The van der Waals surface area contributed by atoms with Gasteiger partial charge in [-0.25, -0.2) is 4.39 Å². The number of nitrogens with one attached hydrogen (secondary N) is 1. The first kappa shape index (κ1) is 15.3. The van der Waals surface area contributed by atoms with Crippen molar-refractivity contribution in [3.63, 3.8) is 0 Å². The number of rotatable bonds is 4. The van der Waals surface area contributed by atoms with E-state index in [0.29, 0.717) is 25.1 Å². The van der Waals surface area contributed by atoms with E-state index in [1.165, 1.54) is 12.1 Å². The molecule has 0 radical (unpaired) electrons. The van der Waals surface area contributed by atoms with Crippen LogP contribution in [0.4, 0.5) is 15.8 Å². The SMILES string of the molecule is CCN1C(=O)CCc2cc(NCc3cc(O)cc(F)c3)ccc21. The average Bonchev–Trinajstić information content (AvgIpc) is 2.52. The van der Waals surface area contributed by atoms with E-state index in [1.807, 2.05) is 25.1 Å². The largest absolute Gasteiger partial charge is 0.508 e. The first-order valence-corrected chi connectivity index (χ1v) is 7.72. The van der Waals surface area contributed by atoms with Crippen molar-refractivity contribution in [1.82, 2.24) is 0 Å². The van der Waals surface area contributed by atoms with Gasteiger partial charge in [0.2, 0.25) is 5.91 Å². The third-order valence-electron chi connectivity index (χ3n) is 4.03. The summed E-state index contributed by atoms with van der Waals surface area (Å²) in [6, 6.07) is 9.90. The van der Waals surface area contributed by atoms with Gasteiger partial charge in [-0.05, 0) is 54.8 Å². The zero-order valence-corrected chi connectivity index (χ0v) is 13.0. The van der Waals surface area contributed by atoms with Gasteiger partial charge in [0.05, 0.1) is 0 Å². The van der Waals surface area contributed by atoms with Crippen LogP contribution in [-0.4, -0.2) is 17.6 Å². The number of hydrogen-bond donors (Lipinski definition) is 2. The normalized spacial score (nSPS) is 13.8. The molecule has 0 unspecified atom stereocenters. The van der Waals surface area contributed by atoms with Crippen LogP contribution in [0.25, 0.3) is 0 Å². The fourth-order valence-electron chi connectivity index (χ4n) is 2.96. The first-order chi connectivity index (χ1) is 11.1. The van der Waals surface area contributed by atoms with Crippen molar-refractivity contribution in [2.45, 2.75) is 26.3 Å². The van der Waals surface area contributed by atoms with Gasteiger partial charge >= 0.3 is 0 Å². The Kier molecular flexibility index (Phi) is 4.19. The van der Waals surface area contributed by atoms with E-state index in [9.17, 15) is 14.3 Å². The van der Waals surface area contributed by atoms with Gasteiger partial charge in [-0.2, -0.15) is 0 Å². The highest BCUT2D eigenvalue weighted by Gasteiger charge is 2.22. The Hall–Kier alpha value is -2.56. The summed E-state index contributed by atoms with van der Waals surface area (Å²) >= 11 is 0. The van der Waals surface area contributed by atoms with Crippen LogP contribution in [0.2, 0.25) is 0 Å². The van der Waals surface area contributed by atoms with Crippen molar-refractivity contribution in [3.8, 4) is 5.75 Å². The summed E-state index contributed by atoms with van der Waals surface area (Å²) in [5.41, 5.74) is 3.69. The highest BCUT2D eigenvalue weighted by Crippen LogP contribution is 2.30. The topological polar surface area (TPSA) is 52.6 Å². The minimum Gasteiger partial charge on any atom is -0.508 e. The summed E-state index contributed by atoms with van der Waals surface area (Å²) in [5, 5.41) is 12.7. The standard InChI is InChI=1S/C18H19FN2O2/c1-2-21-17-5-4-15(9-13(17)3-6-18(21)23)20-11-12-7-14(19)10-16(22)8-12/h4-5,7-10,20,22H,2-3,6,11H2,1H3. The molecule has 0 atom stereocenters. The lowest BCUT2D eigenvalue weighted by atomic mass is 10.0. The molecule has 2 N–H and O–H groups in total. The summed E-state index contributed by atoms with van der Waals surface area (Å²) < 4.78 is 13.3. The van der Waals surface area contributed by atoms with Gasteiger partial charge in [0.25, 0.3) is 0 Å². The molecule has 1 amide bonds. The van der Waals surface area contributed by atoms with Crippen LogP contribution in [0.1, 0.15) is 24.5 Å². The quantitative estimate of drug-likeness (QED) is 0.909. The monoisotopic (exact) mass is 314 g/mol. The van der Waals surface area contributed by atoms with Crippen LogP contribution in [-0.2, 0) is 17.8 Å². The molecule has 2 aromatic carbocycles. The molecule has 0 aromatic heterocycles. The molecular formula is C18H19FN2O2. The molecule has 1 aliphatic heterocycles. The van der Waals surface area contributed by atoms with Gasteiger partial charge < -0.3 is 15.3 Å². The van der Waals surface area contributed by atoms with Crippen molar-refractivity contribution in [1.29, 1.82) is 0 Å². The van der Waals surface area contributed by atoms with Crippen LogP contribution < -0.4 is 10.2 Å². The molecule has 0 aliphatic carbocycles. The van der Waals surface area contributed by atoms with Crippen molar-refractivity contribution >= 4 is 17.3 Å². The summed E-state index contributed by atoms with van der Waals surface area (Å²) in [6.45, 7) is 3.05. The van der Waals surface area contributed by atoms with E-state index in [-0.39, 0.29) is 11.7 Å². The lowest BCUT2D eigenvalue weighted by Crippen LogP contribution is -2.34. The van der Waals surface area contributed by atoms with Gasteiger partial charge in [-0.1, -0.05) is 0 Å². The number of aromatic hydroxyl groups is 1. The Morgan fingerprint density at radius 3 is 2.78 bits per heavy atom. The number of hydrogen-bond acceptors (Lipinski definition) is 3. The number of fused-ring (bicyclic) bond motifs is 1. The molecule has 0 bridgehead atoms. The number of halogens is 1. The fraction of sp³-hybridized carbons (Fsp3) is 0.278. The van der Waals surface area contributed by atoms with Crippen molar-refractivity contribution in [2.75, 3.05) is 16.8 Å². The Morgan fingerprint density at radius 2 is 2.04 bits per heavy atom. The smallest absolute Gasteiger partial charge is 0.227 e. The Labute approximate surface area is 134 Å². The highest BCUT2D eigenvalue weighted by atomic mass is 19.1. The fourth-order valence-corrected chi connectivity index (χ4v) is 2.96. The zero-order valence-electron chi connectivity index (χ0n) is 13.0. The maximum absolute atomic E-state index is 13.3. The molecule has 3 rings (SSSR count). The maximum Gasteiger partial charge on any atom is 0.227 e. The third kappa shape index (κ3) is 3.28. The van der Waals surface area contributed by atoms with Crippen LogP contribution >= 0.6 is 0 Å². The molecule has 5 heteroatoms. The molecule has 23 heavy (non-hydrogen) atoms. The van der Waals surface area contributed by atoms with E-state index in [1.54, 1.807) is 4.90 Å². The van der Waals surface area contributed by atoms with E-state index in [0.717, 1.165) is 29.4 Å². The predicted molar refractivity (Wildman–Crippen MR) is 88.2 cm³/mol. The van der Waals surface area contributed by atoms with E-state index < -0.39 is 5.82 Å². The highest BCUT2D eigenvalue weighted by molar-refractivity contribution is 5.96. The number of phenols is 1. The van der Waals surface area contributed by atoms with Crippen molar-refractivity contribution in [2.24, 2.45) is 0 Å². The van der Waals surface area contributed by atoms with Gasteiger partial charge in [-0.3, -0.25) is 4.79 Å². The number of carbonyl (C=O) groups is 1. The maximum atomic E-state index is 13.3. The minimum absolute atomic E-state index is 0.0793. The Bertz CT molecular complexity index is 726. The second kappa shape index (κ2) is 6.28. The van der Waals surface area contributed by atoms with Gasteiger partial charge in [0.15, 0.2) is 0 Å². The predicted octanol–water partition coefficient (Wildman–Crippen LogP) is 3.44. The molecule has 1 heterocycles. The van der Waals surface area contributed by atoms with Gasteiger partial charge in [0, 0.05) is 37.0 Å². The van der Waals surface area contributed by atoms with Crippen molar-refractivity contribution in [3.05, 3.63) is 53.3 Å². The molecule has 0 saturated carbocycles. The van der Waals surface area contributed by atoms with E-state index in [2.05, 4.69) is 5.32 Å². The molecule has 120 valence electrons. The van der Waals surface area contributed by atoms with Crippen LogP contribution in [0.5, 0.6) is 5.75 Å². The molecule has 1 aliphatic rings. The second-order valence-electron chi connectivity index (χ2n) is 5.65. The molecule has 0 saturated heterocycles. The molecule has 2 aromatic rings. The van der Waals surface area contributed by atoms with Crippen LogP contribution in [0, 0.1) is 5.82 Å². The molecule has 0 spiro atoms. The Morgan fingerprint density at radius 1 is 1.22 bits per heavy atom. The summed E-state index contributed by atoms with van der Waals surface area (Å²) in [6.07, 6.45) is 1.27. The first-order valence-electron chi connectivity index (χ1n) is 7.72. The molecule has 4 nitrogen and oxygen atoms in total. The molecule has 0 fully saturated rings. The number of benzene rings is 2. The number of nitrogens with zero attached hydrogens (tertiary/aromatic N) is 1. The Balaban J connectivity index is 1.76. The number of aryl methyl sites for hydroxylation is 1. The number of anilines is 2. The zero-order chi connectivity index (χ0) is 16.4. The van der Waals surface area contributed by atoms with Crippen molar-refractivity contribution < 1.29 is 14.3 Å². The van der Waals surface area contributed by atoms with Crippen LogP contribution in [0.3, 0.4) is 0 Å². The summed E-state index contributed by atoms with van der Waals surface area (Å²) in [4.78, 5) is 13.7. The molecular weight excluding hydrogens is 295 g/mol. The number of carbonyl (C=O) groups excluding carboxylic acids is 1. The van der Waals surface area contributed by atoms with Gasteiger partial charge in [0.1, 0.15) is 11.6 Å². The van der Waals surface area contributed by atoms with Crippen LogP contribution in [0.15, 0.2) is 36.4 Å². The lowest BCUT2D eigenvalue weighted by molar-refractivity contribution is -0.118. The summed E-state index contributed by atoms with van der Waals surface area (Å²) in [5.74, 6) is -0.371. The number of amides is 1.